The van der Waals surface area contributed by atoms with Gasteiger partial charge < -0.3 is 15.0 Å². The Hall–Kier alpha value is -2.33. The highest BCUT2D eigenvalue weighted by Gasteiger charge is 2.11. The molecule has 0 aromatic heterocycles. The smallest absolute Gasteiger partial charge is 0.228 e. The van der Waals surface area contributed by atoms with Crippen LogP contribution in [0.1, 0.15) is 11.1 Å². The first-order valence-electron chi connectivity index (χ1n) is 7.99. The molecule has 3 rings (SSSR count). The topological polar surface area (TPSA) is 41.6 Å². The van der Waals surface area contributed by atoms with Crippen molar-refractivity contribution in [3.05, 3.63) is 59.7 Å². The summed E-state index contributed by atoms with van der Waals surface area (Å²) in [7, 11) is 0. The summed E-state index contributed by atoms with van der Waals surface area (Å²) in [4.78, 5) is 14.4. The number of nitrogens with one attached hydrogen (secondary N) is 1. The molecule has 0 saturated carbocycles. The molecule has 0 spiro atoms. The van der Waals surface area contributed by atoms with Crippen molar-refractivity contribution in [1.29, 1.82) is 0 Å². The van der Waals surface area contributed by atoms with Crippen LogP contribution in [0.15, 0.2) is 48.5 Å². The number of ether oxygens (including phenoxy) is 1. The molecule has 0 unspecified atom stereocenters. The lowest BCUT2D eigenvalue weighted by molar-refractivity contribution is -0.115. The average Bonchev–Trinajstić information content (AvgIpc) is 2.56. The lowest BCUT2D eigenvalue weighted by atomic mass is 10.1. The molecule has 1 amide bonds. The number of morpholine rings is 1. The average molecular weight is 310 g/mol. The number of hydrogen-bond donors (Lipinski definition) is 1. The Bertz CT molecular complexity index is 661. The fourth-order valence-corrected chi connectivity index (χ4v) is 2.79. The van der Waals surface area contributed by atoms with Gasteiger partial charge >= 0.3 is 0 Å². The highest BCUT2D eigenvalue weighted by Crippen LogP contribution is 2.19. The number of carbonyl (C=O) groups excluding carboxylic acids is 1. The van der Waals surface area contributed by atoms with Gasteiger partial charge in [0.25, 0.3) is 0 Å². The number of benzene rings is 2. The third-order valence-electron chi connectivity index (χ3n) is 3.97. The molecular weight excluding hydrogens is 288 g/mol. The van der Waals surface area contributed by atoms with Crippen LogP contribution in [0.4, 0.5) is 11.4 Å². The molecule has 1 heterocycles. The Balaban J connectivity index is 1.58. The van der Waals surface area contributed by atoms with E-state index in [1.807, 2.05) is 55.5 Å². The molecule has 1 aliphatic heterocycles. The maximum absolute atomic E-state index is 12.1. The second-order valence-corrected chi connectivity index (χ2v) is 5.86. The molecule has 120 valence electrons. The molecule has 1 N–H and O–H groups in total. The first-order valence-corrected chi connectivity index (χ1v) is 7.99. The number of aryl methyl sites for hydroxylation is 1. The van der Waals surface area contributed by atoms with Crippen LogP contribution >= 0.6 is 0 Å². The van der Waals surface area contributed by atoms with E-state index in [4.69, 9.17) is 4.74 Å². The molecule has 4 heteroatoms. The second-order valence-electron chi connectivity index (χ2n) is 5.86. The third kappa shape index (κ3) is 4.33. The van der Waals surface area contributed by atoms with Gasteiger partial charge in [-0.1, -0.05) is 29.8 Å². The van der Waals surface area contributed by atoms with Gasteiger partial charge in [0.05, 0.1) is 19.6 Å². The van der Waals surface area contributed by atoms with Crippen molar-refractivity contribution < 1.29 is 9.53 Å². The van der Waals surface area contributed by atoms with Gasteiger partial charge in [0.15, 0.2) is 0 Å². The summed E-state index contributed by atoms with van der Waals surface area (Å²) >= 11 is 0. The van der Waals surface area contributed by atoms with Crippen molar-refractivity contribution in [2.24, 2.45) is 0 Å². The summed E-state index contributed by atoms with van der Waals surface area (Å²) < 4.78 is 5.36. The van der Waals surface area contributed by atoms with Gasteiger partial charge in [0, 0.05) is 24.5 Å². The minimum atomic E-state index is 0.00900. The van der Waals surface area contributed by atoms with Gasteiger partial charge in [0.1, 0.15) is 0 Å². The molecule has 2 aromatic carbocycles. The molecule has 1 saturated heterocycles. The zero-order valence-electron chi connectivity index (χ0n) is 13.4. The fourth-order valence-electron chi connectivity index (χ4n) is 2.79. The van der Waals surface area contributed by atoms with Crippen LogP contribution in [0.5, 0.6) is 0 Å². The van der Waals surface area contributed by atoms with Gasteiger partial charge in [-0.05, 0) is 36.8 Å². The lowest BCUT2D eigenvalue weighted by Gasteiger charge is -2.28. The summed E-state index contributed by atoms with van der Waals surface area (Å²) in [5.41, 5.74) is 4.21. The summed E-state index contributed by atoms with van der Waals surface area (Å²) in [6.45, 7) is 5.41. The molecule has 23 heavy (non-hydrogen) atoms. The van der Waals surface area contributed by atoms with Gasteiger partial charge in [-0.25, -0.2) is 0 Å². The number of anilines is 2. The zero-order chi connectivity index (χ0) is 16.1. The molecule has 2 aromatic rings. The molecular formula is C19H22N2O2. The van der Waals surface area contributed by atoms with Crippen LogP contribution in [-0.2, 0) is 16.0 Å². The number of amides is 1. The third-order valence-corrected chi connectivity index (χ3v) is 3.97. The Labute approximate surface area is 137 Å². The standard InChI is InChI=1S/C19H22N2O2/c1-15-3-2-4-16(13-15)14-19(22)20-17-5-7-18(8-6-17)21-9-11-23-12-10-21/h2-8,13H,9-12,14H2,1H3,(H,20,22). The number of carbonyl (C=O) groups is 1. The number of nitrogens with zero attached hydrogens (tertiary/aromatic N) is 1. The van der Waals surface area contributed by atoms with Crippen molar-refractivity contribution in [3.8, 4) is 0 Å². The largest absolute Gasteiger partial charge is 0.378 e. The van der Waals surface area contributed by atoms with Crippen LogP contribution in [0.2, 0.25) is 0 Å². The van der Waals surface area contributed by atoms with E-state index in [1.165, 1.54) is 11.3 Å². The maximum atomic E-state index is 12.1. The van der Waals surface area contributed by atoms with Crippen LogP contribution < -0.4 is 10.2 Å². The van der Waals surface area contributed by atoms with Gasteiger partial charge in [-0.2, -0.15) is 0 Å². The van der Waals surface area contributed by atoms with E-state index < -0.39 is 0 Å². The quantitative estimate of drug-likeness (QED) is 0.944. The SMILES string of the molecule is Cc1cccc(CC(=O)Nc2ccc(N3CCOCC3)cc2)c1. The van der Waals surface area contributed by atoms with Gasteiger partial charge in [0.2, 0.25) is 5.91 Å². The molecule has 1 aliphatic rings. The van der Waals surface area contributed by atoms with Crippen LogP contribution in [0.3, 0.4) is 0 Å². The van der Waals surface area contributed by atoms with Gasteiger partial charge in [-0.3, -0.25) is 4.79 Å². The van der Waals surface area contributed by atoms with E-state index in [9.17, 15) is 4.79 Å². The fraction of sp³-hybridized carbons (Fsp3) is 0.316. The van der Waals surface area contributed by atoms with Crippen molar-refractivity contribution in [3.63, 3.8) is 0 Å². The molecule has 4 nitrogen and oxygen atoms in total. The van der Waals surface area contributed by atoms with Crippen LogP contribution in [0, 0.1) is 6.92 Å². The predicted octanol–water partition coefficient (Wildman–Crippen LogP) is 3.01. The van der Waals surface area contributed by atoms with E-state index in [1.54, 1.807) is 0 Å². The van der Waals surface area contributed by atoms with Crippen molar-refractivity contribution in [2.75, 3.05) is 36.5 Å². The number of rotatable bonds is 4. The second kappa shape index (κ2) is 7.29. The van der Waals surface area contributed by atoms with Crippen molar-refractivity contribution >= 4 is 17.3 Å². The van der Waals surface area contributed by atoms with Crippen molar-refractivity contribution in [2.45, 2.75) is 13.3 Å². The summed E-state index contributed by atoms with van der Waals surface area (Å²) in [6, 6.07) is 16.1. The number of hydrogen-bond acceptors (Lipinski definition) is 3. The van der Waals surface area contributed by atoms with E-state index in [0.717, 1.165) is 37.6 Å². The minimum absolute atomic E-state index is 0.00900. The Morgan fingerprint density at radius 3 is 2.57 bits per heavy atom. The first kappa shape index (κ1) is 15.6. The first-order chi connectivity index (χ1) is 11.2. The van der Waals surface area contributed by atoms with Gasteiger partial charge in [-0.15, -0.1) is 0 Å². The van der Waals surface area contributed by atoms with E-state index in [2.05, 4.69) is 10.2 Å². The Morgan fingerprint density at radius 1 is 1.13 bits per heavy atom. The molecule has 0 radical (unpaired) electrons. The normalized spacial score (nSPS) is 14.6. The zero-order valence-corrected chi connectivity index (χ0v) is 13.4. The molecule has 0 bridgehead atoms. The monoisotopic (exact) mass is 310 g/mol. The van der Waals surface area contributed by atoms with Crippen molar-refractivity contribution in [1.82, 2.24) is 0 Å². The van der Waals surface area contributed by atoms with E-state index in [0.29, 0.717) is 6.42 Å². The molecule has 0 aliphatic carbocycles. The Kier molecular flexibility index (Phi) is 4.93. The minimum Gasteiger partial charge on any atom is -0.378 e. The molecule has 0 atom stereocenters. The van der Waals surface area contributed by atoms with Crippen LogP contribution in [0.25, 0.3) is 0 Å². The summed E-state index contributed by atoms with van der Waals surface area (Å²) in [5, 5.41) is 2.96. The predicted molar refractivity (Wildman–Crippen MR) is 93.0 cm³/mol. The summed E-state index contributed by atoms with van der Waals surface area (Å²) in [6.07, 6.45) is 0.396. The lowest BCUT2D eigenvalue weighted by Crippen LogP contribution is -2.36. The van der Waals surface area contributed by atoms with E-state index >= 15 is 0 Å². The van der Waals surface area contributed by atoms with Crippen LogP contribution in [-0.4, -0.2) is 32.2 Å². The maximum Gasteiger partial charge on any atom is 0.228 e. The highest BCUT2D eigenvalue weighted by molar-refractivity contribution is 5.92. The molecule has 1 fully saturated rings. The van der Waals surface area contributed by atoms with E-state index in [-0.39, 0.29) is 5.91 Å². The highest BCUT2D eigenvalue weighted by atomic mass is 16.5. The summed E-state index contributed by atoms with van der Waals surface area (Å²) in [5.74, 6) is 0.00900. The Morgan fingerprint density at radius 2 is 1.87 bits per heavy atom.